The molecule has 1 aliphatic heterocycles. The average molecular weight is 242 g/mol. The minimum atomic E-state index is -0.789. The van der Waals surface area contributed by atoms with E-state index in [0.29, 0.717) is 25.8 Å². The molecule has 1 heterocycles. The summed E-state index contributed by atoms with van der Waals surface area (Å²) < 4.78 is 0. The summed E-state index contributed by atoms with van der Waals surface area (Å²) >= 11 is 0. The third kappa shape index (κ3) is 5.33. The molecule has 0 aromatic rings. The van der Waals surface area contributed by atoms with Gasteiger partial charge in [-0.25, -0.2) is 0 Å². The molecule has 1 atom stereocenters. The van der Waals surface area contributed by atoms with Crippen LogP contribution in [0.5, 0.6) is 0 Å². The molecule has 0 saturated carbocycles. The van der Waals surface area contributed by atoms with E-state index in [1.54, 1.807) is 0 Å². The van der Waals surface area contributed by atoms with Crippen LogP contribution in [0.2, 0.25) is 0 Å². The van der Waals surface area contributed by atoms with Gasteiger partial charge in [0.2, 0.25) is 11.8 Å². The molecule has 0 spiro atoms. The van der Waals surface area contributed by atoms with E-state index in [-0.39, 0.29) is 24.3 Å². The molecule has 0 radical (unpaired) electrons. The van der Waals surface area contributed by atoms with Crippen LogP contribution in [0.3, 0.4) is 0 Å². The van der Waals surface area contributed by atoms with E-state index in [1.807, 2.05) is 0 Å². The van der Waals surface area contributed by atoms with E-state index in [0.717, 1.165) is 12.8 Å². The van der Waals surface area contributed by atoms with E-state index >= 15 is 0 Å². The van der Waals surface area contributed by atoms with E-state index in [2.05, 4.69) is 10.6 Å². The highest BCUT2D eigenvalue weighted by molar-refractivity contribution is 5.90. The first kappa shape index (κ1) is 13.5. The molecule has 0 aromatic carbocycles. The van der Waals surface area contributed by atoms with Gasteiger partial charge < -0.3 is 15.7 Å². The number of unbranched alkanes of at least 4 members (excludes halogenated alkanes) is 2. The molecule has 6 nitrogen and oxygen atoms in total. The number of hydrogen-bond acceptors (Lipinski definition) is 3. The minimum Gasteiger partial charge on any atom is -0.481 e. The first-order chi connectivity index (χ1) is 8.09. The number of carboxylic acids is 1. The highest BCUT2D eigenvalue weighted by Gasteiger charge is 2.26. The lowest BCUT2D eigenvalue weighted by Crippen LogP contribution is -2.41. The van der Waals surface area contributed by atoms with E-state index in [1.165, 1.54) is 0 Å². The van der Waals surface area contributed by atoms with Crippen LogP contribution in [0, 0.1) is 0 Å². The summed E-state index contributed by atoms with van der Waals surface area (Å²) in [6.07, 6.45) is 3.32. The topological polar surface area (TPSA) is 95.5 Å². The van der Waals surface area contributed by atoms with Crippen molar-refractivity contribution in [3.8, 4) is 0 Å². The van der Waals surface area contributed by atoms with Gasteiger partial charge in [0.25, 0.3) is 0 Å². The maximum atomic E-state index is 11.5. The number of carboxylic acid groups (broad SMARTS) is 1. The van der Waals surface area contributed by atoms with Gasteiger partial charge in [-0.2, -0.15) is 0 Å². The summed E-state index contributed by atoms with van der Waals surface area (Å²) in [6.45, 7) is 0.533. The standard InChI is InChI=1S/C11H18N2O4/c14-9-6-5-8(13-9)11(17)12-7-3-1-2-4-10(15)16/h8H,1-7H2,(H,12,17)(H,13,14)(H,15,16). The third-order valence-corrected chi connectivity index (χ3v) is 2.68. The van der Waals surface area contributed by atoms with Crippen molar-refractivity contribution in [3.05, 3.63) is 0 Å². The molecular formula is C11H18N2O4. The summed E-state index contributed by atoms with van der Waals surface area (Å²) in [6, 6.07) is -0.387. The first-order valence-electron chi connectivity index (χ1n) is 5.88. The van der Waals surface area contributed by atoms with Crippen molar-refractivity contribution in [1.29, 1.82) is 0 Å². The Morgan fingerprint density at radius 2 is 2.12 bits per heavy atom. The van der Waals surface area contributed by atoms with Crippen molar-refractivity contribution >= 4 is 17.8 Å². The quantitative estimate of drug-likeness (QED) is 0.549. The van der Waals surface area contributed by atoms with Gasteiger partial charge in [0.05, 0.1) is 0 Å². The molecule has 0 aromatic heterocycles. The monoisotopic (exact) mass is 242 g/mol. The van der Waals surface area contributed by atoms with Crippen molar-refractivity contribution in [2.75, 3.05) is 6.54 Å². The summed E-state index contributed by atoms with van der Waals surface area (Å²) in [5.74, 6) is -1.01. The lowest BCUT2D eigenvalue weighted by Gasteiger charge is -2.10. The summed E-state index contributed by atoms with van der Waals surface area (Å²) in [4.78, 5) is 32.6. The second-order valence-corrected chi connectivity index (χ2v) is 4.15. The van der Waals surface area contributed by atoms with Crippen molar-refractivity contribution < 1.29 is 19.5 Å². The van der Waals surface area contributed by atoms with Crippen LogP contribution in [-0.4, -0.2) is 35.5 Å². The highest BCUT2D eigenvalue weighted by Crippen LogP contribution is 2.06. The van der Waals surface area contributed by atoms with Gasteiger partial charge in [-0.1, -0.05) is 6.42 Å². The SMILES string of the molecule is O=C(O)CCCCCNC(=O)C1CCC(=O)N1. The Balaban J connectivity index is 2.01. The summed E-state index contributed by atoms with van der Waals surface area (Å²) in [5, 5.41) is 13.7. The molecule has 0 aliphatic carbocycles. The number of nitrogens with one attached hydrogen (secondary N) is 2. The number of carbonyl (C=O) groups is 3. The number of carbonyl (C=O) groups excluding carboxylic acids is 2. The Bertz CT molecular complexity index is 304. The van der Waals surface area contributed by atoms with Crippen LogP contribution in [-0.2, 0) is 14.4 Å². The van der Waals surface area contributed by atoms with Gasteiger partial charge in [-0.05, 0) is 19.3 Å². The van der Waals surface area contributed by atoms with Crippen LogP contribution < -0.4 is 10.6 Å². The fourth-order valence-electron chi connectivity index (χ4n) is 1.72. The highest BCUT2D eigenvalue weighted by atomic mass is 16.4. The molecule has 2 amide bonds. The first-order valence-corrected chi connectivity index (χ1v) is 5.88. The Morgan fingerprint density at radius 3 is 2.71 bits per heavy atom. The number of rotatable bonds is 7. The lowest BCUT2D eigenvalue weighted by molar-refractivity contribution is -0.137. The van der Waals surface area contributed by atoms with Crippen molar-refractivity contribution in [2.45, 2.75) is 44.6 Å². The van der Waals surface area contributed by atoms with Crippen molar-refractivity contribution in [3.63, 3.8) is 0 Å². The molecule has 96 valence electrons. The zero-order valence-corrected chi connectivity index (χ0v) is 9.70. The largest absolute Gasteiger partial charge is 0.481 e. The van der Waals surface area contributed by atoms with Gasteiger partial charge in [0.15, 0.2) is 0 Å². The van der Waals surface area contributed by atoms with Gasteiger partial charge >= 0.3 is 5.97 Å². The van der Waals surface area contributed by atoms with Gasteiger partial charge in [0, 0.05) is 19.4 Å². The Labute approximate surface area is 99.8 Å². The fraction of sp³-hybridized carbons (Fsp3) is 0.727. The molecule has 1 aliphatic rings. The zero-order valence-electron chi connectivity index (χ0n) is 9.70. The molecule has 1 fully saturated rings. The van der Waals surface area contributed by atoms with Crippen LogP contribution in [0.15, 0.2) is 0 Å². The average Bonchev–Trinajstić information content (AvgIpc) is 2.69. The van der Waals surface area contributed by atoms with Crippen LogP contribution in [0.25, 0.3) is 0 Å². The maximum absolute atomic E-state index is 11.5. The Hall–Kier alpha value is -1.59. The van der Waals surface area contributed by atoms with Crippen molar-refractivity contribution in [2.24, 2.45) is 0 Å². The van der Waals surface area contributed by atoms with E-state index in [9.17, 15) is 14.4 Å². The van der Waals surface area contributed by atoms with Crippen LogP contribution in [0.4, 0.5) is 0 Å². The number of hydrogen-bond donors (Lipinski definition) is 3. The summed E-state index contributed by atoms with van der Waals surface area (Å²) in [7, 11) is 0. The second kappa shape index (κ2) is 6.88. The van der Waals surface area contributed by atoms with E-state index in [4.69, 9.17) is 5.11 Å². The van der Waals surface area contributed by atoms with Gasteiger partial charge in [-0.15, -0.1) is 0 Å². The van der Waals surface area contributed by atoms with Gasteiger partial charge in [-0.3, -0.25) is 14.4 Å². The predicted molar refractivity (Wildman–Crippen MR) is 60.3 cm³/mol. The molecule has 1 unspecified atom stereocenters. The zero-order chi connectivity index (χ0) is 12.7. The normalized spacial score (nSPS) is 18.8. The smallest absolute Gasteiger partial charge is 0.303 e. The number of amides is 2. The van der Waals surface area contributed by atoms with E-state index < -0.39 is 5.97 Å². The molecule has 3 N–H and O–H groups in total. The summed E-state index contributed by atoms with van der Waals surface area (Å²) in [5.41, 5.74) is 0. The Morgan fingerprint density at radius 1 is 1.35 bits per heavy atom. The second-order valence-electron chi connectivity index (χ2n) is 4.15. The molecule has 1 saturated heterocycles. The maximum Gasteiger partial charge on any atom is 0.303 e. The van der Waals surface area contributed by atoms with Crippen LogP contribution >= 0.6 is 0 Å². The van der Waals surface area contributed by atoms with Crippen LogP contribution in [0.1, 0.15) is 38.5 Å². The van der Waals surface area contributed by atoms with Gasteiger partial charge in [0.1, 0.15) is 6.04 Å². The van der Waals surface area contributed by atoms with Crippen molar-refractivity contribution in [1.82, 2.24) is 10.6 Å². The molecule has 0 bridgehead atoms. The molecule has 17 heavy (non-hydrogen) atoms. The lowest BCUT2D eigenvalue weighted by atomic mass is 10.2. The molecular weight excluding hydrogens is 224 g/mol. The minimum absolute atomic E-state index is 0.0772. The Kier molecular flexibility index (Phi) is 5.45. The third-order valence-electron chi connectivity index (χ3n) is 2.68. The fourth-order valence-corrected chi connectivity index (χ4v) is 1.72. The molecule has 1 rings (SSSR count). The predicted octanol–water partition coefficient (Wildman–Crippen LogP) is 0.0262. The number of aliphatic carboxylic acids is 1. The molecule has 6 heteroatoms.